The van der Waals surface area contributed by atoms with Crippen molar-refractivity contribution in [3.05, 3.63) is 0 Å². The van der Waals surface area contributed by atoms with Gasteiger partial charge >= 0.3 is 0 Å². The summed E-state index contributed by atoms with van der Waals surface area (Å²) in [5.41, 5.74) is 5.09. The highest BCUT2D eigenvalue weighted by molar-refractivity contribution is 6.30. The topological polar surface area (TPSA) is 89.0 Å². The van der Waals surface area contributed by atoms with Gasteiger partial charge in [-0.05, 0) is 0 Å². The van der Waals surface area contributed by atoms with Gasteiger partial charge in [-0.2, -0.15) is 0 Å². The lowest BCUT2D eigenvalue weighted by atomic mass is 9.89. The van der Waals surface area contributed by atoms with E-state index in [9.17, 15) is 0 Å². The lowest BCUT2D eigenvalue weighted by Crippen LogP contribution is -2.01. The molecule has 0 aliphatic carbocycles. The van der Waals surface area contributed by atoms with E-state index in [1.807, 2.05) is 0 Å². The van der Waals surface area contributed by atoms with E-state index in [0.29, 0.717) is 0 Å². The lowest BCUT2D eigenvalue weighted by Gasteiger charge is -1.84. The van der Waals surface area contributed by atoms with Gasteiger partial charge in [0.25, 0.3) is 0 Å². The molecule has 0 aliphatic heterocycles. The summed E-state index contributed by atoms with van der Waals surface area (Å²) in [4.78, 5) is 0. The molecule has 0 saturated carbocycles. The van der Waals surface area contributed by atoms with Crippen LogP contribution >= 0.6 is 12.4 Å². The summed E-state index contributed by atoms with van der Waals surface area (Å²) in [6.07, 6.45) is 3.54. The Labute approximate surface area is 63.3 Å². The van der Waals surface area contributed by atoms with Crippen LogP contribution in [0.4, 0.5) is 0 Å². The molecule has 0 fully saturated rings. The molecular formula is C4H16BClNO2. The van der Waals surface area contributed by atoms with E-state index in [0.717, 1.165) is 6.32 Å². The molecule has 0 amide bonds. The van der Waals surface area contributed by atoms with E-state index in [2.05, 4.69) is 6.92 Å². The van der Waals surface area contributed by atoms with Crippen molar-refractivity contribution in [2.45, 2.75) is 26.1 Å². The number of halogens is 1. The fourth-order valence-electron chi connectivity index (χ4n) is 0.322. The summed E-state index contributed by atoms with van der Waals surface area (Å²) in [5.74, 6) is 0. The van der Waals surface area contributed by atoms with Crippen molar-refractivity contribution < 1.29 is 11.0 Å². The van der Waals surface area contributed by atoms with E-state index >= 15 is 0 Å². The maximum atomic E-state index is 5.09. The van der Waals surface area contributed by atoms with E-state index < -0.39 is 0 Å². The van der Waals surface area contributed by atoms with Gasteiger partial charge in [-0.15, -0.1) is 12.4 Å². The standard InChI is InChI=1S/C4H11BN.ClH.2H2O/c1-2-3-4-5-6;;;/h2-4,6H2,1H3;1H;2*1H2. The van der Waals surface area contributed by atoms with Crippen LogP contribution in [0.1, 0.15) is 19.8 Å². The van der Waals surface area contributed by atoms with Crippen LogP contribution < -0.4 is 5.64 Å². The number of rotatable bonds is 3. The Bertz CT molecular complexity index is 30.5. The zero-order valence-corrected chi connectivity index (χ0v) is 6.50. The second kappa shape index (κ2) is 24.0. The van der Waals surface area contributed by atoms with Gasteiger partial charge in [0, 0.05) is 0 Å². The predicted molar refractivity (Wildman–Crippen MR) is 44.1 cm³/mol. The third kappa shape index (κ3) is 30.6. The minimum absolute atomic E-state index is 0. The van der Waals surface area contributed by atoms with Gasteiger partial charge in [-0.3, -0.25) is 0 Å². The SMILES string of the molecule is CCCC[B]N.Cl.O.O. The Kier molecular flexibility index (Phi) is 61.0. The van der Waals surface area contributed by atoms with Gasteiger partial charge in [0.15, 0.2) is 0 Å². The van der Waals surface area contributed by atoms with E-state index in [1.165, 1.54) is 12.8 Å². The minimum atomic E-state index is 0. The second-order valence-electron chi connectivity index (χ2n) is 1.38. The van der Waals surface area contributed by atoms with Crippen LogP contribution in [0.3, 0.4) is 0 Å². The molecule has 0 aromatic carbocycles. The van der Waals surface area contributed by atoms with Gasteiger partial charge in [-0.25, -0.2) is 0 Å². The summed E-state index contributed by atoms with van der Waals surface area (Å²) < 4.78 is 0. The van der Waals surface area contributed by atoms with Crippen LogP contribution in [0.25, 0.3) is 0 Å². The molecule has 0 aliphatic rings. The summed E-state index contributed by atoms with van der Waals surface area (Å²) >= 11 is 0. The Morgan fingerprint density at radius 3 is 1.89 bits per heavy atom. The molecule has 0 atom stereocenters. The quantitative estimate of drug-likeness (QED) is 0.435. The van der Waals surface area contributed by atoms with Crippen molar-refractivity contribution in [2.75, 3.05) is 0 Å². The molecule has 0 aromatic heterocycles. The van der Waals surface area contributed by atoms with Crippen molar-refractivity contribution in [3.8, 4) is 0 Å². The second-order valence-corrected chi connectivity index (χ2v) is 1.38. The first-order valence-electron chi connectivity index (χ1n) is 2.45. The fraction of sp³-hybridized carbons (Fsp3) is 1.00. The first-order valence-corrected chi connectivity index (χ1v) is 2.45. The number of nitrogens with two attached hydrogens (primary N) is 1. The average molecular weight is 156 g/mol. The number of hydrogen-bond acceptors (Lipinski definition) is 1. The van der Waals surface area contributed by atoms with Crippen molar-refractivity contribution in [1.29, 1.82) is 0 Å². The van der Waals surface area contributed by atoms with Gasteiger partial charge in [0.2, 0.25) is 7.41 Å². The highest BCUT2D eigenvalue weighted by Crippen LogP contribution is 1.88. The molecule has 3 nitrogen and oxygen atoms in total. The van der Waals surface area contributed by atoms with E-state index in [1.54, 1.807) is 7.41 Å². The Morgan fingerprint density at radius 2 is 1.78 bits per heavy atom. The van der Waals surface area contributed by atoms with Crippen LogP contribution in [0.2, 0.25) is 6.32 Å². The predicted octanol–water partition coefficient (Wildman–Crippen LogP) is -0.445. The highest BCUT2D eigenvalue weighted by Gasteiger charge is 1.78. The molecule has 0 rings (SSSR count). The first-order chi connectivity index (χ1) is 2.91. The van der Waals surface area contributed by atoms with Crippen molar-refractivity contribution >= 4 is 19.8 Å². The molecule has 0 spiro atoms. The fourth-order valence-corrected chi connectivity index (χ4v) is 0.322. The third-order valence-electron chi connectivity index (χ3n) is 0.724. The zero-order valence-electron chi connectivity index (χ0n) is 5.68. The molecule has 0 heterocycles. The molecule has 0 saturated heterocycles. The van der Waals surface area contributed by atoms with Gasteiger partial charge in [-0.1, -0.05) is 26.1 Å². The largest absolute Gasteiger partial charge is 0.412 e. The monoisotopic (exact) mass is 156 g/mol. The van der Waals surface area contributed by atoms with Crippen LogP contribution in [-0.2, 0) is 0 Å². The Morgan fingerprint density at radius 1 is 1.33 bits per heavy atom. The first kappa shape index (κ1) is 22.9. The van der Waals surface area contributed by atoms with Crippen LogP contribution in [-0.4, -0.2) is 18.4 Å². The maximum absolute atomic E-state index is 5.09. The zero-order chi connectivity index (χ0) is 4.83. The van der Waals surface area contributed by atoms with Crippen LogP contribution in [0.5, 0.6) is 0 Å². The smallest absolute Gasteiger partial charge is 0.202 e. The minimum Gasteiger partial charge on any atom is -0.412 e. The molecule has 0 bridgehead atoms. The molecule has 6 N–H and O–H groups in total. The van der Waals surface area contributed by atoms with Crippen molar-refractivity contribution in [1.82, 2.24) is 0 Å². The molecule has 5 heteroatoms. The molecule has 0 aromatic rings. The lowest BCUT2D eigenvalue weighted by molar-refractivity contribution is 0.823. The molecular weight excluding hydrogens is 140 g/mol. The number of unbranched alkanes of at least 4 members (excludes halogenated alkanes) is 1. The number of hydrogen-bond donors (Lipinski definition) is 1. The maximum Gasteiger partial charge on any atom is 0.202 e. The van der Waals surface area contributed by atoms with Crippen molar-refractivity contribution in [2.24, 2.45) is 5.64 Å². The Hall–Kier alpha value is 0.235. The summed E-state index contributed by atoms with van der Waals surface area (Å²) in [5, 5.41) is 0. The molecule has 59 valence electrons. The van der Waals surface area contributed by atoms with Crippen LogP contribution in [0, 0.1) is 0 Å². The van der Waals surface area contributed by atoms with E-state index in [-0.39, 0.29) is 23.4 Å². The average Bonchev–Trinajstić information content (AvgIpc) is 1.61. The van der Waals surface area contributed by atoms with Gasteiger partial charge in [0.05, 0.1) is 0 Å². The summed E-state index contributed by atoms with van der Waals surface area (Å²) in [6, 6.07) is 0. The summed E-state index contributed by atoms with van der Waals surface area (Å²) in [7, 11) is 1.71. The normalized spacial score (nSPS) is 5.56. The molecule has 0 unspecified atom stereocenters. The Balaban J connectivity index is -0.0000000417. The van der Waals surface area contributed by atoms with E-state index in [4.69, 9.17) is 5.64 Å². The molecule has 9 heavy (non-hydrogen) atoms. The molecule has 1 radical (unpaired) electrons. The van der Waals surface area contributed by atoms with Gasteiger partial charge < -0.3 is 16.6 Å². The summed E-state index contributed by atoms with van der Waals surface area (Å²) in [6.45, 7) is 2.16. The third-order valence-corrected chi connectivity index (χ3v) is 0.724. The van der Waals surface area contributed by atoms with Gasteiger partial charge in [0.1, 0.15) is 0 Å². The van der Waals surface area contributed by atoms with Crippen molar-refractivity contribution in [3.63, 3.8) is 0 Å². The van der Waals surface area contributed by atoms with Crippen LogP contribution in [0.15, 0.2) is 0 Å². The highest BCUT2D eigenvalue weighted by atomic mass is 35.5.